The summed E-state index contributed by atoms with van der Waals surface area (Å²) in [7, 11) is 1.55. The molecule has 1 aliphatic heterocycles. The van der Waals surface area contributed by atoms with Crippen molar-refractivity contribution >= 4 is 17.5 Å². The number of ether oxygens (including phenoxy) is 1. The van der Waals surface area contributed by atoms with Crippen molar-refractivity contribution in [2.45, 2.75) is 0 Å². The fourth-order valence-electron chi connectivity index (χ4n) is 2.66. The number of piperazine rings is 1. The topological polar surface area (TPSA) is 70.6 Å². The Balaban J connectivity index is 1.48. The van der Waals surface area contributed by atoms with Crippen LogP contribution in [0, 0.1) is 0 Å². The van der Waals surface area contributed by atoms with Crippen LogP contribution in [-0.2, 0) is 4.79 Å². The van der Waals surface area contributed by atoms with Gasteiger partial charge in [0.1, 0.15) is 0 Å². The maximum Gasteiger partial charge on any atom is 0.242 e. The second kappa shape index (κ2) is 7.63. The first-order chi connectivity index (χ1) is 11.8. The number of carbonyl (C=O) groups is 1. The van der Waals surface area contributed by atoms with Gasteiger partial charge in [-0.15, -0.1) is 0 Å². The quantitative estimate of drug-likeness (QED) is 0.891. The first kappa shape index (κ1) is 16.0. The molecule has 1 aromatic heterocycles. The Hall–Kier alpha value is -2.83. The van der Waals surface area contributed by atoms with Crippen LogP contribution in [0.1, 0.15) is 0 Å². The summed E-state index contributed by atoms with van der Waals surface area (Å²) >= 11 is 0. The predicted octanol–water partition coefficient (Wildman–Crippen LogP) is 1.25. The smallest absolute Gasteiger partial charge is 0.242 e. The minimum atomic E-state index is 0.0501. The molecule has 0 atom stereocenters. The maximum absolute atomic E-state index is 12.3. The van der Waals surface area contributed by atoms with Gasteiger partial charge in [0.2, 0.25) is 17.7 Å². The number of hydrogen-bond donors (Lipinski definition) is 1. The molecular formula is C17H21N5O2. The lowest BCUT2D eigenvalue weighted by atomic mass is 10.2. The van der Waals surface area contributed by atoms with Crippen molar-refractivity contribution < 1.29 is 9.53 Å². The van der Waals surface area contributed by atoms with Crippen LogP contribution in [0.5, 0.6) is 5.88 Å². The lowest BCUT2D eigenvalue weighted by Crippen LogP contribution is -2.50. The maximum atomic E-state index is 12.3. The van der Waals surface area contributed by atoms with Gasteiger partial charge in [-0.2, -0.15) is 4.98 Å². The molecule has 0 aliphatic carbocycles. The zero-order chi connectivity index (χ0) is 16.8. The Bertz CT molecular complexity index is 672. The molecule has 1 fully saturated rings. The summed E-state index contributed by atoms with van der Waals surface area (Å²) < 4.78 is 5.04. The van der Waals surface area contributed by atoms with Crippen LogP contribution in [0.4, 0.5) is 11.6 Å². The van der Waals surface area contributed by atoms with Crippen molar-refractivity contribution in [1.29, 1.82) is 0 Å². The van der Waals surface area contributed by atoms with Gasteiger partial charge in [0, 0.05) is 44.1 Å². The van der Waals surface area contributed by atoms with Crippen LogP contribution >= 0.6 is 0 Å². The van der Waals surface area contributed by atoms with E-state index >= 15 is 0 Å². The van der Waals surface area contributed by atoms with E-state index in [1.807, 2.05) is 23.1 Å². The number of carbonyl (C=O) groups excluding carboxylic acids is 1. The summed E-state index contributed by atoms with van der Waals surface area (Å²) in [6.45, 7) is 3.29. The number of anilines is 2. The number of methoxy groups -OCH3 is 1. The molecule has 1 saturated heterocycles. The molecule has 0 spiro atoms. The number of rotatable bonds is 5. The van der Waals surface area contributed by atoms with Crippen LogP contribution in [0.2, 0.25) is 0 Å². The molecule has 0 bridgehead atoms. The fourth-order valence-corrected chi connectivity index (χ4v) is 2.66. The minimum Gasteiger partial charge on any atom is -0.481 e. The summed E-state index contributed by atoms with van der Waals surface area (Å²) in [6.07, 6.45) is 1.59. The SMILES string of the molecule is COc1ccnc(NCC(=O)N2CCN(c3ccccc3)CC2)n1. The van der Waals surface area contributed by atoms with Gasteiger partial charge in [-0.05, 0) is 12.1 Å². The highest BCUT2D eigenvalue weighted by Gasteiger charge is 2.21. The van der Waals surface area contributed by atoms with E-state index in [1.165, 1.54) is 5.69 Å². The molecule has 1 aromatic carbocycles. The van der Waals surface area contributed by atoms with Gasteiger partial charge in [0.15, 0.2) is 0 Å². The average Bonchev–Trinajstić information content (AvgIpc) is 2.67. The fraction of sp³-hybridized carbons (Fsp3) is 0.353. The Morgan fingerprint density at radius 3 is 2.62 bits per heavy atom. The van der Waals surface area contributed by atoms with Crippen molar-refractivity contribution in [1.82, 2.24) is 14.9 Å². The number of nitrogens with one attached hydrogen (secondary N) is 1. The molecule has 1 aliphatic rings. The van der Waals surface area contributed by atoms with Gasteiger partial charge in [-0.1, -0.05) is 18.2 Å². The van der Waals surface area contributed by atoms with E-state index in [-0.39, 0.29) is 12.5 Å². The van der Waals surface area contributed by atoms with Gasteiger partial charge >= 0.3 is 0 Å². The van der Waals surface area contributed by atoms with E-state index in [2.05, 4.69) is 32.3 Å². The third kappa shape index (κ3) is 3.92. The highest BCUT2D eigenvalue weighted by molar-refractivity contribution is 5.80. The molecule has 2 aromatic rings. The van der Waals surface area contributed by atoms with E-state index in [4.69, 9.17) is 4.74 Å². The monoisotopic (exact) mass is 327 g/mol. The Morgan fingerprint density at radius 1 is 1.17 bits per heavy atom. The van der Waals surface area contributed by atoms with E-state index < -0.39 is 0 Å². The van der Waals surface area contributed by atoms with Gasteiger partial charge in [0.25, 0.3) is 0 Å². The normalized spacial score (nSPS) is 14.4. The van der Waals surface area contributed by atoms with Crippen LogP contribution < -0.4 is 15.0 Å². The van der Waals surface area contributed by atoms with E-state index in [0.29, 0.717) is 24.9 Å². The first-order valence-corrected chi connectivity index (χ1v) is 7.95. The molecule has 1 N–H and O–H groups in total. The molecule has 2 heterocycles. The molecule has 126 valence electrons. The molecule has 0 unspecified atom stereocenters. The molecule has 0 saturated carbocycles. The average molecular weight is 327 g/mol. The number of para-hydroxylation sites is 1. The number of hydrogen-bond acceptors (Lipinski definition) is 6. The summed E-state index contributed by atoms with van der Waals surface area (Å²) in [4.78, 5) is 24.7. The lowest BCUT2D eigenvalue weighted by Gasteiger charge is -2.36. The first-order valence-electron chi connectivity index (χ1n) is 7.95. The van der Waals surface area contributed by atoms with Crippen molar-refractivity contribution in [3.8, 4) is 5.88 Å². The third-order valence-electron chi connectivity index (χ3n) is 3.99. The number of benzene rings is 1. The second-order valence-corrected chi connectivity index (χ2v) is 5.48. The summed E-state index contributed by atoms with van der Waals surface area (Å²) in [5.41, 5.74) is 1.20. The molecule has 0 radical (unpaired) electrons. The molecule has 24 heavy (non-hydrogen) atoms. The third-order valence-corrected chi connectivity index (χ3v) is 3.99. The van der Waals surface area contributed by atoms with Gasteiger partial charge < -0.3 is 19.9 Å². The Morgan fingerprint density at radius 2 is 1.92 bits per heavy atom. The van der Waals surface area contributed by atoms with E-state index in [9.17, 15) is 4.79 Å². The van der Waals surface area contributed by atoms with Crippen LogP contribution in [0.3, 0.4) is 0 Å². The van der Waals surface area contributed by atoms with Crippen LogP contribution in [0.15, 0.2) is 42.6 Å². The van der Waals surface area contributed by atoms with Crippen molar-refractivity contribution in [2.24, 2.45) is 0 Å². The Labute approximate surface area is 141 Å². The highest BCUT2D eigenvalue weighted by Crippen LogP contribution is 2.15. The predicted molar refractivity (Wildman–Crippen MR) is 92.3 cm³/mol. The van der Waals surface area contributed by atoms with Crippen LogP contribution in [-0.4, -0.2) is 60.6 Å². The summed E-state index contributed by atoms with van der Waals surface area (Å²) in [5.74, 6) is 0.913. The minimum absolute atomic E-state index is 0.0501. The zero-order valence-corrected chi connectivity index (χ0v) is 13.7. The molecule has 3 rings (SSSR count). The number of aromatic nitrogens is 2. The van der Waals surface area contributed by atoms with Crippen molar-refractivity contribution in [3.05, 3.63) is 42.6 Å². The summed E-state index contributed by atoms with van der Waals surface area (Å²) in [6, 6.07) is 11.9. The molecule has 7 nitrogen and oxygen atoms in total. The van der Waals surface area contributed by atoms with Crippen LogP contribution in [0.25, 0.3) is 0 Å². The second-order valence-electron chi connectivity index (χ2n) is 5.48. The van der Waals surface area contributed by atoms with Crippen molar-refractivity contribution in [3.63, 3.8) is 0 Å². The zero-order valence-electron chi connectivity index (χ0n) is 13.7. The van der Waals surface area contributed by atoms with Crippen molar-refractivity contribution in [2.75, 3.05) is 50.1 Å². The largest absolute Gasteiger partial charge is 0.481 e. The standard InChI is InChI=1S/C17H21N5O2/c1-24-15-7-8-18-17(20-15)19-13-16(23)22-11-9-21(10-12-22)14-5-3-2-4-6-14/h2-8H,9-13H2,1H3,(H,18,19,20). The number of nitrogens with zero attached hydrogens (tertiary/aromatic N) is 4. The summed E-state index contributed by atoms with van der Waals surface area (Å²) in [5, 5.41) is 2.95. The Kier molecular flexibility index (Phi) is 5.10. The van der Waals surface area contributed by atoms with Gasteiger partial charge in [-0.3, -0.25) is 4.79 Å². The van der Waals surface area contributed by atoms with Gasteiger partial charge in [-0.25, -0.2) is 4.98 Å². The molecule has 7 heteroatoms. The lowest BCUT2D eigenvalue weighted by molar-refractivity contribution is -0.129. The molecular weight excluding hydrogens is 306 g/mol. The van der Waals surface area contributed by atoms with E-state index in [1.54, 1.807) is 19.4 Å². The number of amides is 1. The molecule has 1 amide bonds. The van der Waals surface area contributed by atoms with Gasteiger partial charge in [0.05, 0.1) is 13.7 Å². The van der Waals surface area contributed by atoms with E-state index in [0.717, 1.165) is 13.1 Å². The highest BCUT2D eigenvalue weighted by atomic mass is 16.5.